The van der Waals surface area contributed by atoms with Gasteiger partial charge in [0.2, 0.25) is 0 Å². The number of amides is 1. The number of ether oxygens (including phenoxy) is 2. The number of hydrogen-bond acceptors (Lipinski definition) is 4. The van der Waals surface area contributed by atoms with Crippen LogP contribution in [0.2, 0.25) is 0 Å². The maximum atomic E-state index is 12.4. The van der Waals surface area contributed by atoms with E-state index in [2.05, 4.69) is 21.6 Å². The third-order valence-electron chi connectivity index (χ3n) is 3.76. The molecule has 1 atom stereocenters. The summed E-state index contributed by atoms with van der Waals surface area (Å²) in [6.07, 6.45) is 3.17. The number of benzene rings is 1. The Morgan fingerprint density at radius 2 is 2.04 bits per heavy atom. The summed E-state index contributed by atoms with van der Waals surface area (Å²) >= 11 is 0. The molecule has 0 fully saturated rings. The molecule has 1 heterocycles. The monoisotopic (exact) mass is 316 g/mol. The number of fused-ring (bicyclic) bond motifs is 1. The lowest BCUT2D eigenvalue weighted by Gasteiger charge is -2.30. The Morgan fingerprint density at radius 3 is 2.70 bits per heavy atom. The number of esters is 1. The number of aromatic nitrogens is 1. The van der Waals surface area contributed by atoms with E-state index >= 15 is 0 Å². The normalized spacial score (nSPS) is 13.1. The van der Waals surface area contributed by atoms with Crippen LogP contribution in [0.4, 0.5) is 4.79 Å². The third-order valence-corrected chi connectivity index (χ3v) is 3.76. The first-order valence-corrected chi connectivity index (χ1v) is 7.16. The molecule has 6 heteroatoms. The van der Waals surface area contributed by atoms with E-state index in [1.165, 1.54) is 14.2 Å². The number of H-pyrrole nitrogens is 1. The van der Waals surface area contributed by atoms with E-state index in [4.69, 9.17) is 4.74 Å². The largest absolute Gasteiger partial charge is 0.467 e. The minimum absolute atomic E-state index is 0.217. The minimum Gasteiger partial charge on any atom is -0.467 e. The molecule has 122 valence electrons. The summed E-state index contributed by atoms with van der Waals surface area (Å²) in [6.45, 7) is 3.68. The maximum absolute atomic E-state index is 12.4. The van der Waals surface area contributed by atoms with Gasteiger partial charge < -0.3 is 19.8 Å². The van der Waals surface area contributed by atoms with Gasteiger partial charge in [0.15, 0.2) is 0 Å². The van der Waals surface area contributed by atoms with Gasteiger partial charge >= 0.3 is 12.1 Å². The second kappa shape index (κ2) is 7.00. The van der Waals surface area contributed by atoms with Gasteiger partial charge in [-0.25, -0.2) is 9.59 Å². The Balaban J connectivity index is 2.45. The zero-order valence-electron chi connectivity index (χ0n) is 13.2. The van der Waals surface area contributed by atoms with E-state index in [-0.39, 0.29) is 12.8 Å². The van der Waals surface area contributed by atoms with Crippen molar-refractivity contribution in [1.29, 1.82) is 0 Å². The van der Waals surface area contributed by atoms with Crippen LogP contribution in [-0.4, -0.2) is 36.8 Å². The Hall–Kier alpha value is -2.76. The molecule has 1 aromatic heterocycles. The molecule has 0 bridgehead atoms. The molecular formula is C17H20N2O4. The standard InChI is InChI=1S/C17H20N2O4/c1-4-9-17(15(20)22-2,19-16(21)23-3)10-12-11-18-14-8-6-5-7-13(12)14/h4-8,11,18H,1,9-10H2,2-3H3,(H,19,21)/t17-/m0/s1. The molecule has 0 aliphatic heterocycles. The van der Waals surface area contributed by atoms with Crippen LogP contribution < -0.4 is 5.32 Å². The number of carbonyl (C=O) groups is 2. The number of alkyl carbamates (subject to hydrolysis) is 1. The molecule has 6 nitrogen and oxygen atoms in total. The van der Waals surface area contributed by atoms with Crippen molar-refractivity contribution in [2.75, 3.05) is 14.2 Å². The lowest BCUT2D eigenvalue weighted by Crippen LogP contribution is -2.56. The summed E-state index contributed by atoms with van der Waals surface area (Å²) in [5.41, 5.74) is 0.580. The number of methoxy groups -OCH3 is 2. The van der Waals surface area contributed by atoms with Crippen molar-refractivity contribution in [3.8, 4) is 0 Å². The van der Waals surface area contributed by atoms with Gasteiger partial charge in [-0.3, -0.25) is 0 Å². The van der Waals surface area contributed by atoms with E-state index in [1.54, 1.807) is 6.08 Å². The van der Waals surface area contributed by atoms with Crippen LogP contribution in [0.15, 0.2) is 43.1 Å². The smallest absolute Gasteiger partial charge is 0.407 e. The summed E-state index contributed by atoms with van der Waals surface area (Å²) < 4.78 is 9.56. The molecule has 0 unspecified atom stereocenters. The first-order chi connectivity index (χ1) is 11.1. The quantitative estimate of drug-likeness (QED) is 0.634. The fraction of sp³-hybridized carbons (Fsp3) is 0.294. The van der Waals surface area contributed by atoms with Gasteiger partial charge in [0.1, 0.15) is 5.54 Å². The number of para-hydroxylation sites is 1. The topological polar surface area (TPSA) is 80.4 Å². The van der Waals surface area contributed by atoms with Crippen molar-refractivity contribution >= 4 is 23.0 Å². The molecule has 1 amide bonds. The van der Waals surface area contributed by atoms with Gasteiger partial charge in [0.25, 0.3) is 0 Å². The summed E-state index contributed by atoms with van der Waals surface area (Å²) in [5, 5.41) is 3.60. The molecular weight excluding hydrogens is 296 g/mol. The zero-order valence-corrected chi connectivity index (χ0v) is 13.2. The third kappa shape index (κ3) is 3.36. The second-order valence-electron chi connectivity index (χ2n) is 5.22. The number of rotatable bonds is 6. The fourth-order valence-electron chi connectivity index (χ4n) is 2.67. The number of nitrogens with one attached hydrogen (secondary N) is 2. The highest BCUT2D eigenvalue weighted by Gasteiger charge is 2.41. The molecule has 2 N–H and O–H groups in total. The minimum atomic E-state index is -1.27. The summed E-state index contributed by atoms with van der Waals surface area (Å²) in [4.78, 5) is 27.3. The fourth-order valence-corrected chi connectivity index (χ4v) is 2.67. The molecule has 0 aliphatic carbocycles. The predicted molar refractivity (Wildman–Crippen MR) is 87.1 cm³/mol. The van der Waals surface area contributed by atoms with Gasteiger partial charge in [-0.15, -0.1) is 6.58 Å². The van der Waals surface area contributed by atoms with E-state index in [0.29, 0.717) is 0 Å². The molecule has 0 saturated carbocycles. The lowest BCUT2D eigenvalue weighted by molar-refractivity contribution is -0.148. The Bertz CT molecular complexity index is 722. The van der Waals surface area contributed by atoms with Crippen LogP contribution in [0.5, 0.6) is 0 Å². The van der Waals surface area contributed by atoms with Gasteiger partial charge in [0, 0.05) is 23.5 Å². The van der Waals surface area contributed by atoms with Gasteiger partial charge in [-0.05, 0) is 18.1 Å². The molecule has 2 rings (SSSR count). The van der Waals surface area contributed by atoms with Gasteiger partial charge in [-0.2, -0.15) is 0 Å². The lowest BCUT2D eigenvalue weighted by atomic mass is 9.87. The highest BCUT2D eigenvalue weighted by molar-refractivity contribution is 5.89. The zero-order chi connectivity index (χ0) is 16.9. The van der Waals surface area contributed by atoms with Crippen molar-refractivity contribution < 1.29 is 19.1 Å². The first-order valence-electron chi connectivity index (χ1n) is 7.16. The molecule has 1 aromatic carbocycles. The SMILES string of the molecule is C=CC[C@@](Cc1c[nH]c2ccccc12)(NC(=O)OC)C(=O)OC. The average molecular weight is 316 g/mol. The average Bonchev–Trinajstić information content (AvgIpc) is 2.97. The van der Waals surface area contributed by atoms with Crippen molar-refractivity contribution in [2.45, 2.75) is 18.4 Å². The Kier molecular flexibility index (Phi) is 5.05. The van der Waals surface area contributed by atoms with E-state index in [0.717, 1.165) is 16.5 Å². The summed E-state index contributed by atoms with van der Waals surface area (Å²) in [7, 11) is 2.53. The predicted octanol–water partition coefficient (Wildman–Crippen LogP) is 2.55. The first kappa shape index (κ1) is 16.6. The van der Waals surface area contributed by atoms with Crippen LogP contribution in [0.1, 0.15) is 12.0 Å². The summed E-state index contributed by atoms with van der Waals surface area (Å²) in [5.74, 6) is -0.548. The van der Waals surface area contributed by atoms with Gasteiger partial charge in [0.05, 0.1) is 14.2 Å². The Labute approximate surface area is 134 Å². The molecule has 0 radical (unpaired) electrons. The Morgan fingerprint density at radius 1 is 1.30 bits per heavy atom. The van der Waals surface area contributed by atoms with Crippen molar-refractivity contribution in [3.05, 3.63) is 48.7 Å². The highest BCUT2D eigenvalue weighted by Crippen LogP contribution is 2.26. The van der Waals surface area contributed by atoms with Crippen molar-refractivity contribution in [1.82, 2.24) is 10.3 Å². The van der Waals surface area contributed by atoms with Crippen molar-refractivity contribution in [2.24, 2.45) is 0 Å². The van der Waals surface area contributed by atoms with Crippen LogP contribution in [0.3, 0.4) is 0 Å². The number of aromatic amines is 1. The van der Waals surface area contributed by atoms with E-state index in [1.807, 2.05) is 30.5 Å². The van der Waals surface area contributed by atoms with Crippen LogP contribution in [0, 0.1) is 0 Å². The molecule has 23 heavy (non-hydrogen) atoms. The van der Waals surface area contributed by atoms with Crippen molar-refractivity contribution in [3.63, 3.8) is 0 Å². The second-order valence-corrected chi connectivity index (χ2v) is 5.22. The number of carbonyl (C=O) groups excluding carboxylic acids is 2. The van der Waals surface area contributed by atoms with Crippen LogP contribution in [0.25, 0.3) is 10.9 Å². The van der Waals surface area contributed by atoms with Gasteiger partial charge in [-0.1, -0.05) is 24.3 Å². The molecule has 2 aromatic rings. The number of hydrogen-bond donors (Lipinski definition) is 2. The molecule has 0 saturated heterocycles. The molecule has 0 aliphatic rings. The maximum Gasteiger partial charge on any atom is 0.407 e. The van der Waals surface area contributed by atoms with Crippen LogP contribution >= 0.6 is 0 Å². The van der Waals surface area contributed by atoms with Crippen LogP contribution in [-0.2, 0) is 20.7 Å². The van der Waals surface area contributed by atoms with E-state index in [9.17, 15) is 9.59 Å². The van der Waals surface area contributed by atoms with E-state index < -0.39 is 17.6 Å². The molecule has 0 spiro atoms. The summed E-state index contributed by atoms with van der Waals surface area (Å²) in [6, 6.07) is 7.74. The highest BCUT2D eigenvalue weighted by atomic mass is 16.5.